The molecule has 3 N–H and O–H groups in total. The van der Waals surface area contributed by atoms with E-state index in [1.807, 2.05) is 18.2 Å². The maximum Gasteiger partial charge on any atom is 0.223 e. The van der Waals surface area contributed by atoms with Gasteiger partial charge in [-0.2, -0.15) is 0 Å². The van der Waals surface area contributed by atoms with Gasteiger partial charge in [0.2, 0.25) is 5.91 Å². The van der Waals surface area contributed by atoms with Crippen molar-refractivity contribution in [3.63, 3.8) is 0 Å². The first-order chi connectivity index (χ1) is 17.4. The van der Waals surface area contributed by atoms with Crippen LogP contribution in [-0.4, -0.2) is 35.2 Å². The summed E-state index contributed by atoms with van der Waals surface area (Å²) in [7, 11) is 1.52. The Kier molecular flexibility index (Phi) is 5.68. The number of fused-ring (bicyclic) bond motifs is 2. The molecule has 1 saturated heterocycles. The van der Waals surface area contributed by atoms with Crippen molar-refractivity contribution in [3.8, 4) is 11.5 Å². The van der Waals surface area contributed by atoms with E-state index in [1.54, 1.807) is 16.8 Å². The molecule has 3 unspecified atom stereocenters. The number of imidazole rings is 1. The van der Waals surface area contributed by atoms with Gasteiger partial charge >= 0.3 is 0 Å². The van der Waals surface area contributed by atoms with Crippen molar-refractivity contribution < 1.29 is 18.7 Å². The first-order valence-corrected chi connectivity index (χ1v) is 12.6. The minimum atomic E-state index is -1.57. The van der Waals surface area contributed by atoms with Crippen LogP contribution in [0.4, 0.5) is 4.39 Å². The zero-order valence-corrected chi connectivity index (χ0v) is 20.7. The summed E-state index contributed by atoms with van der Waals surface area (Å²) in [5.74, 6) is -1.09. The summed E-state index contributed by atoms with van der Waals surface area (Å²) >= 11 is 6.92. The number of halogens is 2. The highest BCUT2D eigenvalue weighted by Gasteiger charge is 2.52. The van der Waals surface area contributed by atoms with Gasteiger partial charge in [0.05, 0.1) is 24.1 Å². The largest absolute Gasteiger partial charge is 0.495 e. The van der Waals surface area contributed by atoms with Crippen LogP contribution in [0.3, 0.4) is 0 Å². The van der Waals surface area contributed by atoms with Crippen LogP contribution < -0.4 is 20.5 Å². The van der Waals surface area contributed by atoms with Gasteiger partial charge in [0.1, 0.15) is 17.3 Å². The standard InChI is InChI=1S/C27H28ClFN4O3/c1-35-19-12-18-16(13-27(36-18,20-8-5-9-31-20)15-6-3-2-4-7-15)21(23(19)28)22-17(25(30)34)14-33-11-10-32-26(33)24(22)29/h2-4,6-7,10-12,17,20,22,24,31H,5,8-9,13-14H2,1H3,(H2,30,34)/t17?,20-,22?,24?,27-/m0/s1. The van der Waals surface area contributed by atoms with Gasteiger partial charge in [-0.1, -0.05) is 41.9 Å². The molecule has 0 saturated carbocycles. The molecule has 7 nitrogen and oxygen atoms in total. The Bertz CT molecular complexity index is 1310. The molecule has 0 bridgehead atoms. The monoisotopic (exact) mass is 510 g/mol. The van der Waals surface area contributed by atoms with Crippen LogP contribution in [0.15, 0.2) is 48.8 Å². The topological polar surface area (TPSA) is 91.4 Å². The molecule has 2 aromatic carbocycles. The Morgan fingerprint density at radius 1 is 1.36 bits per heavy atom. The van der Waals surface area contributed by atoms with Gasteiger partial charge in [-0.05, 0) is 30.5 Å². The highest BCUT2D eigenvalue weighted by atomic mass is 35.5. The molecular weight excluding hydrogens is 483 g/mol. The van der Waals surface area contributed by atoms with Crippen LogP contribution in [0.2, 0.25) is 5.02 Å². The molecule has 0 aliphatic carbocycles. The summed E-state index contributed by atoms with van der Waals surface area (Å²) in [6.07, 6.45) is 4.09. The van der Waals surface area contributed by atoms with Crippen molar-refractivity contribution in [3.05, 3.63) is 76.3 Å². The van der Waals surface area contributed by atoms with Gasteiger partial charge in [-0.25, -0.2) is 9.37 Å². The van der Waals surface area contributed by atoms with Crippen LogP contribution in [-0.2, 0) is 23.4 Å². The molecule has 1 fully saturated rings. The highest BCUT2D eigenvalue weighted by Crippen LogP contribution is 2.56. The maximum absolute atomic E-state index is 16.2. The second kappa shape index (κ2) is 8.78. The molecule has 0 radical (unpaired) electrons. The van der Waals surface area contributed by atoms with E-state index in [2.05, 4.69) is 22.4 Å². The number of hydrogen-bond donors (Lipinski definition) is 2. The van der Waals surface area contributed by atoms with Crippen molar-refractivity contribution in [1.29, 1.82) is 0 Å². The summed E-state index contributed by atoms with van der Waals surface area (Å²) < 4.78 is 30.3. The number of methoxy groups -OCH3 is 1. The number of rotatable bonds is 5. The molecule has 188 valence electrons. The Balaban J connectivity index is 1.55. The van der Waals surface area contributed by atoms with Crippen molar-refractivity contribution in [1.82, 2.24) is 14.9 Å². The van der Waals surface area contributed by atoms with Crippen LogP contribution in [0.5, 0.6) is 11.5 Å². The van der Waals surface area contributed by atoms with E-state index >= 15 is 4.39 Å². The van der Waals surface area contributed by atoms with Crippen LogP contribution in [0.25, 0.3) is 0 Å². The fourth-order valence-electron chi connectivity index (χ4n) is 6.32. The fourth-order valence-corrected chi connectivity index (χ4v) is 6.69. The maximum atomic E-state index is 16.2. The minimum Gasteiger partial charge on any atom is -0.495 e. The Hall–Kier alpha value is -3.10. The Morgan fingerprint density at radius 3 is 2.86 bits per heavy atom. The number of ether oxygens (including phenoxy) is 2. The molecule has 5 atom stereocenters. The molecule has 3 aliphatic rings. The number of aromatic nitrogens is 2. The lowest BCUT2D eigenvalue weighted by Gasteiger charge is -2.36. The van der Waals surface area contributed by atoms with Gasteiger partial charge in [-0.15, -0.1) is 0 Å². The molecular formula is C27H28ClFN4O3. The average Bonchev–Trinajstić information content (AvgIpc) is 3.64. The van der Waals surface area contributed by atoms with E-state index in [0.717, 1.165) is 30.5 Å². The number of nitrogens with zero attached hydrogens (tertiary/aromatic N) is 2. The number of carbonyl (C=O) groups excluding carboxylic acids is 1. The van der Waals surface area contributed by atoms with Gasteiger partial charge in [0.25, 0.3) is 0 Å². The zero-order valence-electron chi connectivity index (χ0n) is 19.9. The molecule has 9 heteroatoms. The SMILES string of the molecule is COc1cc2c(c(C3C(C(N)=O)Cn4ccnc4C3F)c1Cl)C[C@](c1ccccc1)([C@@H]1CCCN1)O2. The third-order valence-electron chi connectivity index (χ3n) is 8.01. The molecule has 1 amide bonds. The molecule has 3 aliphatic heterocycles. The van der Waals surface area contributed by atoms with Gasteiger partial charge < -0.3 is 25.1 Å². The van der Waals surface area contributed by atoms with Gasteiger partial charge in [-0.3, -0.25) is 4.79 Å². The van der Waals surface area contributed by atoms with Crippen molar-refractivity contribution in [2.75, 3.05) is 13.7 Å². The predicted molar refractivity (Wildman–Crippen MR) is 133 cm³/mol. The first kappa shape index (κ1) is 23.3. The lowest BCUT2D eigenvalue weighted by Crippen LogP contribution is -2.49. The summed E-state index contributed by atoms with van der Waals surface area (Å²) in [5, 5.41) is 3.89. The number of benzene rings is 2. The van der Waals surface area contributed by atoms with Gasteiger partial charge in [0.15, 0.2) is 11.8 Å². The zero-order chi connectivity index (χ0) is 25.0. The Labute approximate surface area is 213 Å². The molecule has 6 rings (SSSR count). The average molecular weight is 511 g/mol. The van der Waals surface area contributed by atoms with E-state index in [1.165, 1.54) is 13.3 Å². The summed E-state index contributed by atoms with van der Waals surface area (Å²) in [6, 6.07) is 11.9. The number of primary amides is 1. The highest BCUT2D eigenvalue weighted by molar-refractivity contribution is 6.33. The van der Waals surface area contributed by atoms with Crippen LogP contribution >= 0.6 is 11.6 Å². The smallest absolute Gasteiger partial charge is 0.223 e. The third-order valence-corrected chi connectivity index (χ3v) is 8.40. The lowest BCUT2D eigenvalue weighted by atomic mass is 9.74. The molecule has 3 aromatic rings. The molecule has 4 heterocycles. The number of nitrogens with two attached hydrogens (primary N) is 1. The predicted octanol–water partition coefficient (Wildman–Crippen LogP) is 4.04. The second-order valence-electron chi connectivity index (χ2n) is 9.84. The van der Waals surface area contributed by atoms with Gasteiger partial charge in [0, 0.05) is 42.9 Å². The van der Waals surface area contributed by atoms with Crippen molar-refractivity contribution >= 4 is 17.5 Å². The Morgan fingerprint density at radius 2 is 2.17 bits per heavy atom. The third kappa shape index (κ3) is 3.42. The quantitative estimate of drug-likeness (QED) is 0.540. The summed E-state index contributed by atoms with van der Waals surface area (Å²) in [6.45, 7) is 1.13. The van der Waals surface area contributed by atoms with Crippen molar-refractivity contribution in [2.45, 2.75) is 49.5 Å². The van der Waals surface area contributed by atoms with Crippen LogP contribution in [0.1, 0.15) is 47.4 Å². The lowest BCUT2D eigenvalue weighted by molar-refractivity contribution is -0.124. The fraction of sp³-hybridized carbons (Fsp3) is 0.407. The normalized spacial score (nSPS) is 28.9. The first-order valence-electron chi connectivity index (χ1n) is 12.3. The minimum absolute atomic E-state index is 0.0586. The second-order valence-corrected chi connectivity index (χ2v) is 10.2. The van der Waals surface area contributed by atoms with E-state index in [9.17, 15) is 4.79 Å². The molecule has 1 aromatic heterocycles. The number of hydrogen-bond acceptors (Lipinski definition) is 5. The van der Waals surface area contributed by atoms with E-state index in [-0.39, 0.29) is 23.4 Å². The molecule has 36 heavy (non-hydrogen) atoms. The number of amides is 1. The summed E-state index contributed by atoms with van der Waals surface area (Å²) in [5.41, 5.74) is 7.48. The number of carbonyl (C=O) groups is 1. The number of alkyl halides is 1. The van der Waals surface area contributed by atoms with E-state index < -0.39 is 29.5 Å². The van der Waals surface area contributed by atoms with E-state index in [0.29, 0.717) is 23.5 Å². The van der Waals surface area contributed by atoms with E-state index in [4.69, 9.17) is 26.8 Å². The summed E-state index contributed by atoms with van der Waals surface area (Å²) in [4.78, 5) is 16.9. The number of nitrogens with one attached hydrogen (secondary N) is 1. The molecule has 0 spiro atoms. The van der Waals surface area contributed by atoms with Crippen molar-refractivity contribution in [2.24, 2.45) is 11.7 Å². The van der Waals surface area contributed by atoms with Crippen LogP contribution in [0, 0.1) is 5.92 Å².